The molecule has 3 saturated carbocycles. The zero-order valence-corrected chi connectivity index (χ0v) is 47.1. The van der Waals surface area contributed by atoms with Gasteiger partial charge in [-0.3, -0.25) is 0 Å². The number of allylic oxidation sites excluding steroid dienone is 1. The largest absolute Gasteiger partial charge is 0.394 e. The summed E-state index contributed by atoms with van der Waals surface area (Å²) in [6.45, 7) is 12.9. The van der Waals surface area contributed by atoms with Gasteiger partial charge < -0.3 is 112 Å². The molecule has 23 heteroatoms. The summed E-state index contributed by atoms with van der Waals surface area (Å²) in [4.78, 5) is 0. The first-order valence-electron chi connectivity index (χ1n) is 28.4. The quantitative estimate of drug-likeness (QED) is 0.0939. The van der Waals surface area contributed by atoms with Crippen molar-refractivity contribution >= 4 is 0 Å². The monoisotopic (exact) mass is 1120 g/mol. The van der Waals surface area contributed by atoms with Gasteiger partial charge in [0.15, 0.2) is 31.5 Å². The second-order valence-corrected chi connectivity index (χ2v) is 24.4. The third-order valence-electron chi connectivity index (χ3n) is 20.4. The van der Waals surface area contributed by atoms with Gasteiger partial charge in [-0.2, -0.15) is 0 Å². The van der Waals surface area contributed by atoms with Crippen LogP contribution in [0.4, 0.5) is 0 Å². The molecular formula is C55H92O23. The Kier molecular flexibility index (Phi) is 19.2. The minimum Gasteiger partial charge on any atom is -0.394 e. The van der Waals surface area contributed by atoms with Gasteiger partial charge in [-0.1, -0.05) is 25.5 Å². The van der Waals surface area contributed by atoms with Crippen LogP contribution in [0.25, 0.3) is 0 Å². The molecule has 0 aromatic rings. The smallest absolute Gasteiger partial charge is 0.187 e. The topological polar surface area (TPSA) is 311 Å². The Bertz CT molecular complexity index is 2010. The second-order valence-electron chi connectivity index (χ2n) is 24.4. The molecule has 450 valence electrons. The van der Waals surface area contributed by atoms with Gasteiger partial charge in [0, 0.05) is 40.3 Å². The number of rotatable bonds is 16. The van der Waals surface area contributed by atoms with Crippen LogP contribution in [0.2, 0.25) is 0 Å². The van der Waals surface area contributed by atoms with Crippen LogP contribution in [0.1, 0.15) is 106 Å². The van der Waals surface area contributed by atoms with E-state index in [-0.39, 0.29) is 23.9 Å². The molecule has 32 unspecified atom stereocenters. The molecule has 23 nitrogen and oxygen atoms in total. The van der Waals surface area contributed by atoms with Crippen LogP contribution in [0, 0.1) is 28.6 Å². The van der Waals surface area contributed by atoms with Crippen molar-refractivity contribution in [1.82, 2.24) is 0 Å². The number of ether oxygens (including phenoxy) is 14. The van der Waals surface area contributed by atoms with E-state index in [4.69, 9.17) is 66.3 Å². The SMILES string of the molecule is COC1CC(OC(C)C2(O)CCC3C4CC=C5CC(OC6OC(C)C(OC7OC(CO)C(O)C(O)C7O)C(OC)C6O)CCC5(C)C4CCC32C)OC(C)C1OC1OC(C)C(OC2OC(C)C(O)C(OC)C2O)C(OC)C1O. The van der Waals surface area contributed by atoms with E-state index in [9.17, 15) is 46.0 Å². The Hall–Kier alpha value is -1.18. The van der Waals surface area contributed by atoms with E-state index in [1.54, 1.807) is 27.9 Å². The van der Waals surface area contributed by atoms with E-state index in [1.165, 1.54) is 26.9 Å². The zero-order valence-electron chi connectivity index (χ0n) is 47.1. The van der Waals surface area contributed by atoms with Gasteiger partial charge >= 0.3 is 0 Å². The maximum absolute atomic E-state index is 12.9. The maximum atomic E-state index is 12.9. The fourth-order valence-electron chi connectivity index (χ4n) is 15.7. The van der Waals surface area contributed by atoms with Crippen molar-refractivity contribution in [2.24, 2.45) is 28.6 Å². The van der Waals surface area contributed by atoms with Crippen LogP contribution in [-0.2, 0) is 66.3 Å². The van der Waals surface area contributed by atoms with Crippen LogP contribution in [0.15, 0.2) is 11.6 Å². The lowest BCUT2D eigenvalue weighted by atomic mass is 9.46. The van der Waals surface area contributed by atoms with Crippen molar-refractivity contribution in [2.75, 3.05) is 35.0 Å². The number of aliphatic hydroxyl groups is 9. The van der Waals surface area contributed by atoms with Crippen molar-refractivity contribution < 1.29 is 112 Å². The van der Waals surface area contributed by atoms with Gasteiger partial charge in [0.05, 0.1) is 54.9 Å². The fourth-order valence-corrected chi connectivity index (χ4v) is 15.7. The van der Waals surface area contributed by atoms with E-state index in [0.717, 1.165) is 38.5 Å². The van der Waals surface area contributed by atoms with Gasteiger partial charge in [0.1, 0.15) is 85.5 Å². The van der Waals surface area contributed by atoms with Gasteiger partial charge in [-0.15, -0.1) is 0 Å². The van der Waals surface area contributed by atoms with Crippen LogP contribution in [0.5, 0.6) is 0 Å². The van der Waals surface area contributed by atoms with Gasteiger partial charge in [0.2, 0.25) is 0 Å². The van der Waals surface area contributed by atoms with E-state index in [1.807, 2.05) is 13.8 Å². The molecule has 8 fully saturated rings. The summed E-state index contributed by atoms with van der Waals surface area (Å²) in [6.07, 6.45) is -17.0. The molecule has 0 amide bonds. The molecule has 9 rings (SSSR count). The fraction of sp³-hybridized carbons (Fsp3) is 0.964. The standard InChI is InChI=1S/C55H92O23/c1-23-36(57)46(66-9)40(61)51(70-23)78-45-26(4)72-52(42(63)48(45)68-11)76-43-24(2)69-35(21-33(43)65-8)73-27(5)55(64)19-16-32-30-13-12-28-20-29(14-17-53(28,6)31(30)15-18-54(32,55)7)74-50-41(62)47(67-10)44(25(3)71-50)77-49-39(60)38(59)37(58)34(22-56)75-49/h12,23-27,29-52,56-64H,13-22H2,1-11H3. The summed E-state index contributed by atoms with van der Waals surface area (Å²) in [5.41, 5.74) is -0.291. The number of aliphatic hydroxyl groups excluding tert-OH is 8. The van der Waals surface area contributed by atoms with Crippen LogP contribution in [0.3, 0.4) is 0 Å². The minimum absolute atomic E-state index is 0.0753. The molecule has 9 aliphatic rings. The first-order chi connectivity index (χ1) is 37.0. The van der Waals surface area contributed by atoms with Crippen molar-refractivity contribution in [3.8, 4) is 0 Å². The Labute approximate surface area is 457 Å². The summed E-state index contributed by atoms with van der Waals surface area (Å²) in [6, 6.07) is 0. The van der Waals surface area contributed by atoms with Gasteiger partial charge in [-0.05, 0) is 109 Å². The molecule has 4 aliphatic carbocycles. The highest BCUT2D eigenvalue weighted by molar-refractivity contribution is 5.27. The third-order valence-corrected chi connectivity index (χ3v) is 20.4. The highest BCUT2D eigenvalue weighted by Gasteiger charge is 2.66. The van der Waals surface area contributed by atoms with Crippen LogP contribution >= 0.6 is 0 Å². The van der Waals surface area contributed by atoms with E-state index in [0.29, 0.717) is 24.7 Å². The van der Waals surface area contributed by atoms with E-state index in [2.05, 4.69) is 19.9 Å². The Balaban J connectivity index is 0.787. The predicted molar refractivity (Wildman–Crippen MR) is 270 cm³/mol. The zero-order chi connectivity index (χ0) is 56.5. The molecule has 0 spiro atoms. The molecule has 78 heavy (non-hydrogen) atoms. The molecule has 9 N–H and O–H groups in total. The summed E-state index contributed by atoms with van der Waals surface area (Å²) in [7, 11) is 5.83. The lowest BCUT2D eigenvalue weighted by molar-refractivity contribution is -0.371. The third kappa shape index (κ3) is 11.0. The summed E-state index contributed by atoms with van der Waals surface area (Å²) >= 11 is 0. The number of hydrogen-bond donors (Lipinski definition) is 9. The molecule has 5 aliphatic heterocycles. The number of fused-ring (bicyclic) bond motifs is 5. The summed E-state index contributed by atoms with van der Waals surface area (Å²) in [5.74, 6) is 1.02. The Morgan fingerprint density at radius 3 is 1.69 bits per heavy atom. The average molecular weight is 1120 g/mol. The summed E-state index contributed by atoms with van der Waals surface area (Å²) < 4.78 is 85.1. The molecule has 32 atom stereocenters. The molecule has 0 aromatic heterocycles. The molecular weight excluding hydrogens is 1030 g/mol. The van der Waals surface area contributed by atoms with Crippen molar-refractivity contribution in [3.63, 3.8) is 0 Å². The lowest BCUT2D eigenvalue weighted by Crippen LogP contribution is -2.64. The van der Waals surface area contributed by atoms with Crippen molar-refractivity contribution in [1.29, 1.82) is 0 Å². The number of hydrogen-bond acceptors (Lipinski definition) is 23. The molecule has 0 bridgehead atoms. The Morgan fingerprint density at radius 1 is 0.564 bits per heavy atom. The normalized spacial score (nSPS) is 54.1. The van der Waals surface area contributed by atoms with E-state index < -0.39 is 171 Å². The highest BCUT2D eigenvalue weighted by Crippen LogP contribution is 2.68. The van der Waals surface area contributed by atoms with Crippen LogP contribution in [-0.4, -0.2) is 246 Å². The molecule has 5 heterocycles. The van der Waals surface area contributed by atoms with E-state index >= 15 is 0 Å². The maximum Gasteiger partial charge on any atom is 0.187 e. The molecule has 0 radical (unpaired) electrons. The minimum atomic E-state index is -1.63. The second kappa shape index (κ2) is 24.4. The first kappa shape index (κ1) is 61.4. The van der Waals surface area contributed by atoms with Crippen molar-refractivity contribution in [2.45, 2.75) is 271 Å². The van der Waals surface area contributed by atoms with Gasteiger partial charge in [0.25, 0.3) is 0 Å². The van der Waals surface area contributed by atoms with Crippen molar-refractivity contribution in [3.05, 3.63) is 11.6 Å². The molecule has 0 aromatic carbocycles. The average Bonchev–Trinajstić information content (AvgIpc) is 3.92. The predicted octanol–water partition coefficient (Wildman–Crippen LogP) is 0.299. The van der Waals surface area contributed by atoms with Gasteiger partial charge in [-0.25, -0.2) is 0 Å². The Morgan fingerprint density at radius 2 is 1.10 bits per heavy atom. The number of methoxy groups -OCH3 is 4. The molecule has 5 saturated heterocycles. The highest BCUT2D eigenvalue weighted by atomic mass is 16.8. The first-order valence-corrected chi connectivity index (χ1v) is 28.4. The van der Waals surface area contributed by atoms with Crippen LogP contribution < -0.4 is 0 Å². The summed E-state index contributed by atoms with van der Waals surface area (Å²) in [5, 5.41) is 98.5. The lowest BCUT2D eigenvalue weighted by Gasteiger charge is -2.60.